The molecule has 4 unspecified atom stereocenters. The zero-order chi connectivity index (χ0) is 15.9. The zero-order valence-electron chi connectivity index (χ0n) is 14.3. The highest BCUT2D eigenvalue weighted by molar-refractivity contribution is 7.15. The maximum Gasteiger partial charge on any atom is 0.217 e. The molecule has 0 radical (unpaired) electrons. The van der Waals surface area contributed by atoms with Crippen molar-refractivity contribution in [3.8, 4) is 0 Å². The van der Waals surface area contributed by atoms with Crippen LogP contribution in [0, 0.1) is 11.3 Å². The van der Waals surface area contributed by atoms with E-state index in [0.717, 1.165) is 12.8 Å². The first-order chi connectivity index (χ1) is 9.76. The Bertz CT molecular complexity index is 412. The van der Waals surface area contributed by atoms with Gasteiger partial charge < -0.3 is 10.1 Å². The van der Waals surface area contributed by atoms with E-state index < -0.39 is 0 Å². The fourth-order valence-corrected chi connectivity index (χ4v) is 4.94. The normalized spacial score (nSPS) is 43.3. The summed E-state index contributed by atoms with van der Waals surface area (Å²) in [7, 11) is 2.42. The molecule has 4 heteroatoms. The largest absolute Gasteiger partial charge is 0.368 e. The van der Waals surface area contributed by atoms with Gasteiger partial charge in [-0.3, -0.25) is 4.79 Å². The number of hydrogen-bond donors (Lipinski definition) is 1. The number of hydrogen-bond acceptors (Lipinski definition) is 2. The molecule has 1 heterocycles. The lowest BCUT2D eigenvalue weighted by atomic mass is 9.55. The average Bonchev–Trinajstić information content (AvgIpc) is 2.62. The van der Waals surface area contributed by atoms with Gasteiger partial charge in [0, 0.05) is 13.0 Å². The van der Waals surface area contributed by atoms with Crippen LogP contribution in [0.4, 0.5) is 0 Å². The highest BCUT2D eigenvalue weighted by Crippen LogP contribution is 2.63. The van der Waals surface area contributed by atoms with Crippen LogP contribution in [0.15, 0.2) is 0 Å². The van der Waals surface area contributed by atoms with Gasteiger partial charge in [-0.2, -0.15) is 0 Å². The lowest BCUT2D eigenvalue weighted by molar-refractivity contribution is -0.172. The van der Waals surface area contributed by atoms with E-state index >= 15 is 0 Å². The monoisotopic (exact) mass is 313 g/mol. The highest BCUT2D eigenvalue weighted by atomic mass is 31.0. The molecule has 2 bridgehead atoms. The maximum absolute atomic E-state index is 11.3. The summed E-state index contributed by atoms with van der Waals surface area (Å²) in [6.45, 7) is 10.4. The second-order valence-electron chi connectivity index (χ2n) is 7.84. The summed E-state index contributed by atoms with van der Waals surface area (Å²) in [6.07, 6.45) is 7.06. The van der Waals surface area contributed by atoms with Crippen LogP contribution in [0.25, 0.3) is 0 Å². The first kappa shape index (κ1) is 17.2. The van der Waals surface area contributed by atoms with E-state index in [0.29, 0.717) is 17.4 Å². The quantitative estimate of drug-likeness (QED) is 0.752. The second kappa shape index (κ2) is 5.81. The van der Waals surface area contributed by atoms with Gasteiger partial charge in [0.1, 0.15) is 0 Å². The molecule has 122 valence electrons. The van der Waals surface area contributed by atoms with Crippen LogP contribution in [0.1, 0.15) is 66.2 Å². The first-order valence-corrected chi connectivity index (χ1v) is 9.47. The van der Waals surface area contributed by atoms with E-state index in [-0.39, 0.29) is 17.1 Å². The molecule has 0 aromatic carbocycles. The number of carbonyl (C=O) groups is 1. The predicted octanol–water partition coefficient (Wildman–Crippen LogP) is 3.52. The van der Waals surface area contributed by atoms with Crippen LogP contribution in [0.5, 0.6) is 0 Å². The molecule has 1 spiro atoms. The Morgan fingerprint density at radius 3 is 2.38 bits per heavy atom. The Labute approximate surface area is 132 Å². The van der Waals surface area contributed by atoms with Gasteiger partial charge in [0.05, 0.1) is 11.2 Å². The van der Waals surface area contributed by atoms with E-state index in [1.54, 1.807) is 6.92 Å². The minimum Gasteiger partial charge on any atom is -0.368 e. The van der Waals surface area contributed by atoms with E-state index in [4.69, 9.17) is 4.74 Å². The molecule has 21 heavy (non-hydrogen) atoms. The van der Waals surface area contributed by atoms with Crippen molar-refractivity contribution in [1.82, 2.24) is 5.32 Å². The van der Waals surface area contributed by atoms with Crippen molar-refractivity contribution >= 4 is 15.1 Å². The molecule has 3 rings (SSSR count). The molecule has 2 saturated carbocycles. The van der Waals surface area contributed by atoms with Crippen LogP contribution in [0.2, 0.25) is 0 Å². The van der Waals surface area contributed by atoms with Crippen molar-refractivity contribution < 1.29 is 9.53 Å². The van der Waals surface area contributed by atoms with E-state index in [1.165, 1.54) is 25.7 Å². The fourth-order valence-electron chi connectivity index (χ4n) is 4.94. The summed E-state index contributed by atoms with van der Waals surface area (Å²) >= 11 is 0. The zero-order valence-corrected chi connectivity index (χ0v) is 15.4. The molecule has 0 aromatic heterocycles. The van der Waals surface area contributed by atoms with Gasteiger partial charge in [-0.15, -0.1) is 9.24 Å². The number of carbonyl (C=O) groups excluding carboxylic acids is 1. The fraction of sp³-hybridized carbons (Fsp3) is 0.941. The summed E-state index contributed by atoms with van der Waals surface area (Å²) in [4.78, 5) is 11.3. The molecule has 1 aliphatic heterocycles. The molecule has 0 aromatic rings. The summed E-state index contributed by atoms with van der Waals surface area (Å²) in [6, 6.07) is 0.304. The van der Waals surface area contributed by atoms with Gasteiger partial charge in [0.2, 0.25) is 5.91 Å². The third kappa shape index (κ3) is 2.88. The Morgan fingerprint density at radius 1 is 1.14 bits per heavy atom. The van der Waals surface area contributed by atoms with Gasteiger partial charge >= 0.3 is 0 Å². The number of fused-ring (bicyclic) bond motifs is 1. The number of nitrogens with one attached hydrogen (secondary N) is 1. The summed E-state index contributed by atoms with van der Waals surface area (Å²) in [5.74, 6) is 0.784. The summed E-state index contributed by atoms with van der Waals surface area (Å²) < 4.78 is 6.63. The average molecular weight is 313 g/mol. The lowest BCUT2D eigenvalue weighted by Crippen LogP contribution is -2.56. The molecule has 1 amide bonds. The standard InChI is InChI=1S/C16H27NO2.CH5P/c1-11(18)17-13-6-8-15(4)7-5-12-9-16(15,10-13)19-14(12,2)3;1-2/h12-13H,5-10H2,1-4H3,(H,17,18);2H2,1H3/t12?,13?,15-,16?;/m1./s1. The Balaban J connectivity index is 0.000000774. The minimum absolute atomic E-state index is 0.00475. The van der Waals surface area contributed by atoms with Crippen molar-refractivity contribution in [1.29, 1.82) is 0 Å². The Morgan fingerprint density at radius 2 is 1.76 bits per heavy atom. The van der Waals surface area contributed by atoms with E-state index in [1.807, 2.05) is 6.66 Å². The van der Waals surface area contributed by atoms with Crippen LogP contribution in [0.3, 0.4) is 0 Å². The highest BCUT2D eigenvalue weighted by Gasteiger charge is 2.64. The molecule has 1 N–H and O–H groups in total. The van der Waals surface area contributed by atoms with Crippen LogP contribution in [-0.4, -0.2) is 29.8 Å². The molecular weight excluding hydrogens is 281 g/mol. The minimum atomic E-state index is 0.00475. The summed E-state index contributed by atoms with van der Waals surface area (Å²) in [5.41, 5.74) is 0.326. The van der Waals surface area contributed by atoms with Crippen molar-refractivity contribution in [2.75, 3.05) is 6.66 Å². The van der Waals surface area contributed by atoms with E-state index in [2.05, 4.69) is 35.3 Å². The van der Waals surface area contributed by atoms with Crippen molar-refractivity contribution in [2.45, 2.75) is 83.5 Å². The SMILES string of the molecule is CC(=O)NC1CC[C@@]2(C)CCC3CC2(C1)OC3(C)C.CP. The molecule has 5 atom stereocenters. The van der Waals surface area contributed by atoms with Crippen LogP contribution in [-0.2, 0) is 9.53 Å². The number of ether oxygens (including phenoxy) is 1. The van der Waals surface area contributed by atoms with E-state index in [9.17, 15) is 4.79 Å². The molecule has 3 fully saturated rings. The summed E-state index contributed by atoms with van der Waals surface area (Å²) in [5, 5.41) is 3.12. The van der Waals surface area contributed by atoms with Gasteiger partial charge in [-0.05, 0) is 63.7 Å². The van der Waals surface area contributed by atoms with Crippen LogP contribution >= 0.6 is 9.24 Å². The van der Waals surface area contributed by atoms with Gasteiger partial charge in [-0.1, -0.05) is 13.6 Å². The second-order valence-corrected chi connectivity index (χ2v) is 7.84. The predicted molar refractivity (Wildman–Crippen MR) is 90.4 cm³/mol. The first-order valence-electron chi connectivity index (χ1n) is 8.31. The topological polar surface area (TPSA) is 38.3 Å². The van der Waals surface area contributed by atoms with Gasteiger partial charge in [0.25, 0.3) is 0 Å². The van der Waals surface area contributed by atoms with Crippen molar-refractivity contribution in [3.05, 3.63) is 0 Å². The van der Waals surface area contributed by atoms with Crippen molar-refractivity contribution in [2.24, 2.45) is 11.3 Å². The number of rotatable bonds is 1. The van der Waals surface area contributed by atoms with Gasteiger partial charge in [0.15, 0.2) is 0 Å². The molecule has 1 saturated heterocycles. The van der Waals surface area contributed by atoms with Crippen LogP contribution < -0.4 is 5.32 Å². The lowest BCUT2D eigenvalue weighted by Gasteiger charge is -2.53. The van der Waals surface area contributed by atoms with Gasteiger partial charge in [-0.25, -0.2) is 0 Å². The molecule has 2 aliphatic carbocycles. The maximum atomic E-state index is 11.3. The van der Waals surface area contributed by atoms with Crippen molar-refractivity contribution in [3.63, 3.8) is 0 Å². The molecule has 3 aliphatic rings. The molecule has 3 nitrogen and oxygen atoms in total. The smallest absolute Gasteiger partial charge is 0.217 e. The third-order valence-corrected chi connectivity index (χ3v) is 6.19. The molecular formula is C17H32NO2P. The third-order valence-electron chi connectivity index (χ3n) is 6.19. The Hall–Kier alpha value is -0.140. The Kier molecular flexibility index (Phi) is 4.77. The number of amides is 1.